The molecular formula is C11H17N2+. The van der Waals surface area contributed by atoms with Crippen molar-refractivity contribution in [2.75, 3.05) is 18.8 Å². The van der Waals surface area contributed by atoms with Crippen molar-refractivity contribution in [3.05, 3.63) is 29.8 Å². The van der Waals surface area contributed by atoms with Crippen LogP contribution >= 0.6 is 0 Å². The Morgan fingerprint density at radius 1 is 1.23 bits per heavy atom. The molecule has 1 aliphatic rings. The Morgan fingerprint density at radius 3 is 2.69 bits per heavy atom. The average Bonchev–Trinajstić information content (AvgIpc) is 2.57. The largest absolute Gasteiger partial charge is 0.399 e. The lowest BCUT2D eigenvalue weighted by molar-refractivity contribution is -0.901. The van der Waals surface area contributed by atoms with Crippen LogP contribution in [0.3, 0.4) is 0 Å². The molecule has 2 rings (SSSR count). The highest BCUT2D eigenvalue weighted by atomic mass is 15.1. The van der Waals surface area contributed by atoms with Crippen molar-refractivity contribution in [1.82, 2.24) is 0 Å². The Bertz CT molecular complexity index is 277. The van der Waals surface area contributed by atoms with Crippen LogP contribution in [0.2, 0.25) is 0 Å². The van der Waals surface area contributed by atoms with Gasteiger partial charge in [0.05, 0.1) is 13.1 Å². The normalized spacial score (nSPS) is 17.8. The highest BCUT2D eigenvalue weighted by Gasteiger charge is 2.15. The summed E-state index contributed by atoms with van der Waals surface area (Å²) in [5.74, 6) is 0. The first-order valence-corrected chi connectivity index (χ1v) is 5.02. The van der Waals surface area contributed by atoms with Crippen molar-refractivity contribution in [2.45, 2.75) is 19.4 Å². The molecule has 13 heavy (non-hydrogen) atoms. The van der Waals surface area contributed by atoms with E-state index in [9.17, 15) is 0 Å². The monoisotopic (exact) mass is 177 g/mol. The van der Waals surface area contributed by atoms with Crippen LogP contribution in [-0.4, -0.2) is 13.1 Å². The minimum Gasteiger partial charge on any atom is -0.399 e. The summed E-state index contributed by atoms with van der Waals surface area (Å²) < 4.78 is 0. The highest BCUT2D eigenvalue weighted by Crippen LogP contribution is 2.05. The first-order valence-electron chi connectivity index (χ1n) is 5.02. The predicted molar refractivity (Wildman–Crippen MR) is 54.5 cm³/mol. The van der Waals surface area contributed by atoms with E-state index >= 15 is 0 Å². The molecule has 1 fully saturated rings. The number of quaternary nitrogens is 1. The summed E-state index contributed by atoms with van der Waals surface area (Å²) in [6, 6.07) is 8.25. The number of hydrogen-bond acceptors (Lipinski definition) is 1. The topological polar surface area (TPSA) is 30.5 Å². The molecule has 1 saturated heterocycles. The van der Waals surface area contributed by atoms with E-state index < -0.39 is 0 Å². The van der Waals surface area contributed by atoms with E-state index in [1.807, 2.05) is 12.1 Å². The number of rotatable bonds is 2. The van der Waals surface area contributed by atoms with Gasteiger partial charge in [-0.25, -0.2) is 0 Å². The summed E-state index contributed by atoms with van der Waals surface area (Å²) in [4.78, 5) is 1.70. The van der Waals surface area contributed by atoms with Gasteiger partial charge in [0, 0.05) is 24.1 Å². The van der Waals surface area contributed by atoms with Gasteiger partial charge in [-0.15, -0.1) is 0 Å². The van der Waals surface area contributed by atoms with E-state index in [0.29, 0.717) is 0 Å². The first-order chi connectivity index (χ1) is 6.34. The summed E-state index contributed by atoms with van der Waals surface area (Å²) in [7, 11) is 0. The van der Waals surface area contributed by atoms with Crippen LogP contribution in [0.15, 0.2) is 24.3 Å². The summed E-state index contributed by atoms with van der Waals surface area (Å²) >= 11 is 0. The molecule has 2 heteroatoms. The van der Waals surface area contributed by atoms with Crippen LogP contribution in [-0.2, 0) is 6.54 Å². The third-order valence-electron chi connectivity index (χ3n) is 2.72. The molecule has 0 aliphatic carbocycles. The molecule has 3 N–H and O–H groups in total. The molecule has 0 unspecified atom stereocenters. The molecule has 0 radical (unpaired) electrons. The molecule has 1 aromatic carbocycles. The quantitative estimate of drug-likeness (QED) is 0.631. The van der Waals surface area contributed by atoms with Gasteiger partial charge in [0.1, 0.15) is 6.54 Å². The van der Waals surface area contributed by atoms with Gasteiger partial charge < -0.3 is 10.6 Å². The maximum absolute atomic E-state index is 5.72. The number of benzene rings is 1. The van der Waals surface area contributed by atoms with Crippen LogP contribution in [0, 0.1) is 0 Å². The maximum atomic E-state index is 5.72. The van der Waals surface area contributed by atoms with Gasteiger partial charge in [0.15, 0.2) is 0 Å². The zero-order valence-electron chi connectivity index (χ0n) is 7.92. The third kappa shape index (κ3) is 2.22. The molecule has 0 atom stereocenters. The average molecular weight is 177 g/mol. The van der Waals surface area contributed by atoms with Crippen molar-refractivity contribution in [2.24, 2.45) is 0 Å². The Hall–Kier alpha value is -1.02. The fourth-order valence-corrected chi connectivity index (χ4v) is 2.04. The molecular weight excluding hydrogens is 160 g/mol. The second kappa shape index (κ2) is 3.79. The number of nitrogens with one attached hydrogen (secondary N) is 1. The molecule has 1 aliphatic heterocycles. The highest BCUT2D eigenvalue weighted by molar-refractivity contribution is 5.40. The van der Waals surface area contributed by atoms with Crippen molar-refractivity contribution >= 4 is 5.69 Å². The Balaban J connectivity index is 2.00. The molecule has 1 aromatic rings. The summed E-state index contributed by atoms with van der Waals surface area (Å²) in [6.45, 7) is 3.80. The van der Waals surface area contributed by atoms with Crippen LogP contribution in [0.5, 0.6) is 0 Å². The van der Waals surface area contributed by atoms with Gasteiger partial charge in [-0.05, 0) is 12.1 Å². The molecule has 0 amide bonds. The van der Waals surface area contributed by atoms with E-state index in [1.54, 1.807) is 4.90 Å². The fourth-order valence-electron chi connectivity index (χ4n) is 2.04. The lowest BCUT2D eigenvalue weighted by atomic mass is 10.2. The van der Waals surface area contributed by atoms with Gasteiger partial charge in [0.25, 0.3) is 0 Å². The van der Waals surface area contributed by atoms with Gasteiger partial charge in [-0.3, -0.25) is 0 Å². The third-order valence-corrected chi connectivity index (χ3v) is 2.72. The van der Waals surface area contributed by atoms with E-state index in [-0.39, 0.29) is 0 Å². The van der Waals surface area contributed by atoms with Crippen LogP contribution in [0.4, 0.5) is 5.69 Å². The van der Waals surface area contributed by atoms with Crippen LogP contribution in [0.1, 0.15) is 18.4 Å². The maximum Gasteiger partial charge on any atom is 0.103 e. The standard InChI is InChI=1S/C11H16N2/c12-11-5-3-4-10(8-11)9-13-6-1-2-7-13/h3-5,8H,1-2,6-7,9,12H2/p+1. The van der Waals surface area contributed by atoms with E-state index in [4.69, 9.17) is 5.73 Å². The number of nitrogen functional groups attached to an aromatic ring is 1. The Morgan fingerprint density at radius 2 is 2.00 bits per heavy atom. The van der Waals surface area contributed by atoms with E-state index in [0.717, 1.165) is 12.2 Å². The molecule has 1 heterocycles. The zero-order valence-corrected chi connectivity index (χ0v) is 7.92. The van der Waals surface area contributed by atoms with Crippen molar-refractivity contribution < 1.29 is 4.90 Å². The van der Waals surface area contributed by atoms with Crippen LogP contribution < -0.4 is 10.6 Å². The molecule has 0 bridgehead atoms. The number of likely N-dealkylation sites (tertiary alicyclic amines) is 1. The second-order valence-corrected chi connectivity index (χ2v) is 3.88. The smallest absolute Gasteiger partial charge is 0.103 e. The number of hydrogen-bond donors (Lipinski definition) is 2. The summed E-state index contributed by atoms with van der Waals surface area (Å²) in [6.07, 6.45) is 2.77. The lowest BCUT2D eigenvalue weighted by Crippen LogP contribution is -3.08. The van der Waals surface area contributed by atoms with Gasteiger partial charge >= 0.3 is 0 Å². The second-order valence-electron chi connectivity index (χ2n) is 3.88. The fraction of sp³-hybridized carbons (Fsp3) is 0.455. The molecule has 70 valence electrons. The van der Waals surface area contributed by atoms with Crippen molar-refractivity contribution in [3.8, 4) is 0 Å². The Labute approximate surface area is 79.4 Å². The number of nitrogens with two attached hydrogens (primary N) is 1. The molecule has 0 aromatic heterocycles. The van der Waals surface area contributed by atoms with E-state index in [2.05, 4.69) is 12.1 Å². The molecule has 0 spiro atoms. The summed E-state index contributed by atoms with van der Waals surface area (Å²) in [5.41, 5.74) is 7.98. The Kier molecular flexibility index (Phi) is 2.50. The zero-order chi connectivity index (χ0) is 9.10. The predicted octanol–water partition coefficient (Wildman–Crippen LogP) is 0.447. The SMILES string of the molecule is Nc1cccc(C[NH+]2CCCC2)c1. The first kappa shape index (κ1) is 8.57. The van der Waals surface area contributed by atoms with Gasteiger partial charge in [-0.1, -0.05) is 12.1 Å². The van der Waals surface area contributed by atoms with Crippen molar-refractivity contribution in [3.63, 3.8) is 0 Å². The minimum absolute atomic E-state index is 0.885. The minimum atomic E-state index is 0.885. The van der Waals surface area contributed by atoms with Gasteiger partial charge in [0.2, 0.25) is 0 Å². The van der Waals surface area contributed by atoms with Crippen molar-refractivity contribution in [1.29, 1.82) is 0 Å². The number of anilines is 1. The summed E-state index contributed by atoms with van der Waals surface area (Å²) in [5, 5.41) is 0. The van der Waals surface area contributed by atoms with Crippen LogP contribution in [0.25, 0.3) is 0 Å². The lowest BCUT2D eigenvalue weighted by Gasteiger charge is -2.11. The molecule has 2 nitrogen and oxygen atoms in total. The van der Waals surface area contributed by atoms with E-state index in [1.165, 1.54) is 31.5 Å². The van der Waals surface area contributed by atoms with Gasteiger partial charge in [-0.2, -0.15) is 0 Å². The molecule has 0 saturated carbocycles.